The van der Waals surface area contributed by atoms with E-state index in [1.54, 1.807) is 10.7 Å². The van der Waals surface area contributed by atoms with Gasteiger partial charge in [0.1, 0.15) is 5.82 Å². The fourth-order valence-electron chi connectivity index (χ4n) is 3.50. The highest BCUT2D eigenvalue weighted by molar-refractivity contribution is 5.67. The second-order valence-corrected chi connectivity index (χ2v) is 7.26. The Morgan fingerprint density at radius 3 is 2.68 bits per heavy atom. The average Bonchev–Trinajstić information content (AvgIpc) is 3.43. The van der Waals surface area contributed by atoms with E-state index in [9.17, 15) is 4.79 Å². The molecule has 0 atom stereocenters. The largest absolute Gasteiger partial charge is 0.481 e. The third-order valence-corrected chi connectivity index (χ3v) is 5.15. The van der Waals surface area contributed by atoms with E-state index < -0.39 is 5.97 Å². The van der Waals surface area contributed by atoms with Crippen molar-refractivity contribution in [2.75, 3.05) is 12.1 Å². The van der Waals surface area contributed by atoms with Gasteiger partial charge in [0, 0.05) is 18.5 Å². The van der Waals surface area contributed by atoms with Crippen molar-refractivity contribution in [3.63, 3.8) is 0 Å². The number of carbonyl (C=O) groups is 1. The van der Waals surface area contributed by atoms with Crippen LogP contribution in [0.15, 0.2) is 60.8 Å². The maximum absolute atomic E-state index is 10.8. The number of benzene rings is 2. The van der Waals surface area contributed by atoms with Crippen LogP contribution in [0.2, 0.25) is 0 Å². The number of ether oxygens (including phenoxy) is 2. The molecule has 2 aromatic heterocycles. The lowest BCUT2D eigenvalue weighted by Crippen LogP contribution is -2.04. The first kappa shape index (κ1) is 18.9. The Morgan fingerprint density at radius 2 is 1.84 bits per heavy atom. The molecule has 31 heavy (non-hydrogen) atoms. The molecule has 156 valence electrons. The highest BCUT2D eigenvalue weighted by atomic mass is 16.7. The molecule has 2 N–H and O–H groups in total. The molecule has 2 aromatic carbocycles. The summed E-state index contributed by atoms with van der Waals surface area (Å²) in [6.45, 7) is 0.853. The first-order valence-electron chi connectivity index (χ1n) is 9.94. The molecule has 4 aromatic rings. The van der Waals surface area contributed by atoms with Gasteiger partial charge in [-0.3, -0.25) is 4.79 Å². The van der Waals surface area contributed by atoms with Crippen LogP contribution in [0, 0.1) is 0 Å². The molecule has 5 rings (SSSR count). The van der Waals surface area contributed by atoms with Crippen molar-refractivity contribution in [1.29, 1.82) is 0 Å². The van der Waals surface area contributed by atoms with Crippen molar-refractivity contribution >= 4 is 17.4 Å². The van der Waals surface area contributed by atoms with Gasteiger partial charge in [-0.2, -0.15) is 0 Å². The van der Waals surface area contributed by atoms with Gasteiger partial charge in [-0.15, -0.1) is 5.10 Å². The van der Waals surface area contributed by atoms with Crippen LogP contribution < -0.4 is 14.8 Å². The number of nitrogens with zero attached hydrogens (tertiary/aromatic N) is 3. The average molecular weight is 416 g/mol. The molecule has 0 unspecified atom stereocenters. The summed E-state index contributed by atoms with van der Waals surface area (Å²) in [4.78, 5) is 15.2. The first-order chi connectivity index (χ1) is 15.2. The standard InChI is InChI=1S/C23H20N4O4/c28-23(29)10-4-15-1-5-17(6-2-15)18-13-25-22-9-8-21(26-27(18)22)24-12-16-3-7-19-20(11-16)31-14-30-19/h1-3,5-9,11,13H,4,10,12,14H2,(H,24,26)(H,28,29). The van der Waals surface area contributed by atoms with Crippen LogP contribution in [-0.4, -0.2) is 32.5 Å². The molecule has 0 fully saturated rings. The number of nitrogens with one attached hydrogen (secondary N) is 1. The molecule has 3 heterocycles. The fraction of sp³-hybridized carbons (Fsp3) is 0.174. The van der Waals surface area contributed by atoms with E-state index >= 15 is 0 Å². The van der Waals surface area contributed by atoms with E-state index in [1.807, 2.05) is 54.6 Å². The summed E-state index contributed by atoms with van der Waals surface area (Å²) >= 11 is 0. The van der Waals surface area contributed by atoms with E-state index in [-0.39, 0.29) is 13.2 Å². The zero-order chi connectivity index (χ0) is 21.2. The number of rotatable bonds is 7. The van der Waals surface area contributed by atoms with Crippen LogP contribution in [0.1, 0.15) is 17.5 Å². The van der Waals surface area contributed by atoms with Crippen LogP contribution in [-0.2, 0) is 17.8 Å². The molecule has 0 amide bonds. The number of hydrogen-bond acceptors (Lipinski definition) is 6. The van der Waals surface area contributed by atoms with Crippen molar-refractivity contribution in [3.05, 3.63) is 71.9 Å². The van der Waals surface area contributed by atoms with E-state index in [4.69, 9.17) is 19.7 Å². The minimum atomic E-state index is -0.796. The Hall–Kier alpha value is -4.07. The summed E-state index contributed by atoms with van der Waals surface area (Å²) < 4.78 is 12.6. The maximum atomic E-state index is 10.8. The quantitative estimate of drug-likeness (QED) is 0.473. The van der Waals surface area contributed by atoms with Crippen molar-refractivity contribution in [2.45, 2.75) is 19.4 Å². The van der Waals surface area contributed by atoms with Gasteiger partial charge >= 0.3 is 5.97 Å². The smallest absolute Gasteiger partial charge is 0.303 e. The molecule has 0 saturated heterocycles. The SMILES string of the molecule is O=C(O)CCc1ccc(-c2cnc3ccc(NCc4ccc5c(c4)OCO5)nn23)cc1. The van der Waals surface area contributed by atoms with Crippen molar-refractivity contribution in [3.8, 4) is 22.8 Å². The Labute approximate surface area is 178 Å². The zero-order valence-corrected chi connectivity index (χ0v) is 16.6. The second kappa shape index (κ2) is 7.98. The lowest BCUT2D eigenvalue weighted by molar-refractivity contribution is -0.136. The Balaban J connectivity index is 1.34. The van der Waals surface area contributed by atoms with Gasteiger partial charge in [0.2, 0.25) is 6.79 Å². The van der Waals surface area contributed by atoms with Crippen LogP contribution in [0.4, 0.5) is 5.82 Å². The van der Waals surface area contributed by atoms with Gasteiger partial charge < -0.3 is 19.9 Å². The predicted molar refractivity (Wildman–Crippen MR) is 114 cm³/mol. The van der Waals surface area contributed by atoms with Gasteiger partial charge in [-0.1, -0.05) is 30.3 Å². The second-order valence-electron chi connectivity index (χ2n) is 7.26. The number of anilines is 1. The number of aliphatic carboxylic acids is 1. The van der Waals surface area contributed by atoms with Crippen molar-refractivity contribution < 1.29 is 19.4 Å². The molecular formula is C23H20N4O4. The summed E-state index contributed by atoms with van der Waals surface area (Å²) in [5, 5.41) is 16.9. The fourth-order valence-corrected chi connectivity index (χ4v) is 3.50. The molecule has 0 bridgehead atoms. The van der Waals surface area contributed by atoms with Gasteiger partial charge in [0.05, 0.1) is 11.9 Å². The third kappa shape index (κ3) is 4.00. The molecule has 0 saturated carbocycles. The van der Waals surface area contributed by atoms with Crippen LogP contribution in [0.25, 0.3) is 16.9 Å². The highest BCUT2D eigenvalue weighted by Crippen LogP contribution is 2.32. The predicted octanol–water partition coefficient (Wildman–Crippen LogP) is 3.75. The maximum Gasteiger partial charge on any atom is 0.303 e. The summed E-state index contributed by atoms with van der Waals surface area (Å²) in [5.74, 6) is 1.45. The monoisotopic (exact) mass is 416 g/mol. The molecule has 0 aliphatic carbocycles. The summed E-state index contributed by atoms with van der Waals surface area (Å²) in [7, 11) is 0. The molecule has 8 nitrogen and oxygen atoms in total. The number of aryl methyl sites for hydroxylation is 1. The summed E-state index contributed by atoms with van der Waals surface area (Å²) in [6, 6.07) is 17.5. The number of carboxylic acid groups (broad SMARTS) is 1. The van der Waals surface area contributed by atoms with Crippen LogP contribution in [0.5, 0.6) is 11.5 Å². The Bertz CT molecular complexity index is 1250. The van der Waals surface area contributed by atoms with E-state index in [1.165, 1.54) is 0 Å². The molecule has 1 aliphatic rings. The van der Waals surface area contributed by atoms with Crippen LogP contribution >= 0.6 is 0 Å². The summed E-state index contributed by atoms with van der Waals surface area (Å²) in [5.41, 5.74) is 4.63. The van der Waals surface area contributed by atoms with Gasteiger partial charge in [-0.05, 0) is 41.8 Å². The topological polar surface area (TPSA) is 98.0 Å². The number of hydrogen-bond donors (Lipinski definition) is 2. The van der Waals surface area contributed by atoms with Gasteiger partial charge in [0.25, 0.3) is 0 Å². The number of imidazole rings is 1. The van der Waals surface area contributed by atoms with Gasteiger partial charge in [-0.25, -0.2) is 9.50 Å². The number of fused-ring (bicyclic) bond motifs is 2. The van der Waals surface area contributed by atoms with E-state index in [2.05, 4.69) is 10.3 Å². The lowest BCUT2D eigenvalue weighted by atomic mass is 10.1. The van der Waals surface area contributed by atoms with E-state index in [0.29, 0.717) is 13.0 Å². The minimum Gasteiger partial charge on any atom is -0.481 e. The van der Waals surface area contributed by atoms with Crippen molar-refractivity contribution in [1.82, 2.24) is 14.6 Å². The third-order valence-electron chi connectivity index (χ3n) is 5.15. The molecule has 0 spiro atoms. The Morgan fingerprint density at radius 1 is 1.03 bits per heavy atom. The van der Waals surface area contributed by atoms with Crippen molar-refractivity contribution in [2.24, 2.45) is 0 Å². The first-order valence-corrected chi connectivity index (χ1v) is 9.94. The zero-order valence-electron chi connectivity index (χ0n) is 16.6. The molecular weight excluding hydrogens is 396 g/mol. The van der Waals surface area contributed by atoms with E-state index in [0.717, 1.165) is 45.3 Å². The Kier molecular flexibility index (Phi) is 4.87. The lowest BCUT2D eigenvalue weighted by Gasteiger charge is -2.08. The van der Waals surface area contributed by atoms with Crippen LogP contribution in [0.3, 0.4) is 0 Å². The van der Waals surface area contributed by atoms with Gasteiger partial charge in [0.15, 0.2) is 17.1 Å². The molecule has 1 aliphatic heterocycles. The number of aromatic nitrogens is 3. The molecule has 8 heteroatoms. The summed E-state index contributed by atoms with van der Waals surface area (Å²) in [6.07, 6.45) is 2.42. The normalized spacial score (nSPS) is 12.3. The molecule has 0 radical (unpaired) electrons. The minimum absolute atomic E-state index is 0.120. The highest BCUT2D eigenvalue weighted by Gasteiger charge is 2.13. The number of carboxylic acids is 1.